The normalized spacial score (nSPS) is 9.67. The Kier molecular flexibility index (Phi) is 4.47. The monoisotopic (exact) mass is 300 g/mol. The molecule has 0 radical (unpaired) electrons. The summed E-state index contributed by atoms with van der Waals surface area (Å²) in [7, 11) is 0. The summed E-state index contributed by atoms with van der Waals surface area (Å²) in [5.74, 6) is -2.88. The molecule has 0 aromatic rings. The van der Waals surface area contributed by atoms with Crippen LogP contribution in [0.2, 0.25) is 0 Å². The summed E-state index contributed by atoms with van der Waals surface area (Å²) in [6.07, 6.45) is 0. The SMILES string of the molecule is CC(=C(C(=O)O)C(=O)O)C(Br)Br. The molecule has 0 aliphatic rings. The molecule has 0 rings (SSSR count). The first-order valence-electron chi connectivity index (χ1n) is 2.83. The molecule has 12 heavy (non-hydrogen) atoms. The molecule has 0 aromatic carbocycles. The number of alkyl halides is 2. The predicted molar refractivity (Wildman–Crippen MR) is 49.6 cm³/mol. The highest BCUT2D eigenvalue weighted by molar-refractivity contribution is 9.24. The van der Waals surface area contributed by atoms with E-state index < -0.39 is 21.2 Å². The lowest BCUT2D eigenvalue weighted by Crippen LogP contribution is -2.15. The van der Waals surface area contributed by atoms with Crippen molar-refractivity contribution >= 4 is 43.8 Å². The molecular formula is C6H6Br2O4. The standard InChI is InChI=1S/C6H6Br2O4/c1-2(4(7)8)3(5(9)10)6(11)12/h4H,1H3,(H,9,10)(H,11,12). The highest BCUT2D eigenvalue weighted by atomic mass is 79.9. The maximum Gasteiger partial charge on any atom is 0.343 e. The van der Waals surface area contributed by atoms with E-state index in [-0.39, 0.29) is 5.57 Å². The quantitative estimate of drug-likeness (QED) is 0.359. The maximum absolute atomic E-state index is 10.4. The van der Waals surface area contributed by atoms with Crippen molar-refractivity contribution in [1.29, 1.82) is 0 Å². The summed E-state index contributed by atoms with van der Waals surface area (Å²) >= 11 is 6.02. The third-order valence-corrected chi connectivity index (χ3v) is 2.52. The number of carboxylic acid groups (broad SMARTS) is 2. The zero-order valence-corrected chi connectivity index (χ0v) is 9.22. The van der Waals surface area contributed by atoms with Gasteiger partial charge in [-0.3, -0.25) is 0 Å². The Balaban J connectivity index is 5.08. The third kappa shape index (κ3) is 2.94. The summed E-state index contributed by atoms with van der Waals surface area (Å²) in [4.78, 5) is 20.8. The van der Waals surface area contributed by atoms with E-state index in [4.69, 9.17) is 10.2 Å². The predicted octanol–water partition coefficient (Wildman–Crippen LogP) is 1.59. The van der Waals surface area contributed by atoms with E-state index >= 15 is 0 Å². The van der Waals surface area contributed by atoms with Gasteiger partial charge < -0.3 is 10.2 Å². The van der Waals surface area contributed by atoms with E-state index in [1.807, 2.05) is 0 Å². The van der Waals surface area contributed by atoms with Crippen LogP contribution in [0.5, 0.6) is 0 Å². The van der Waals surface area contributed by atoms with Crippen molar-refractivity contribution in [1.82, 2.24) is 0 Å². The summed E-state index contributed by atoms with van der Waals surface area (Å²) in [6.45, 7) is 1.42. The number of aliphatic carboxylic acids is 2. The largest absolute Gasteiger partial charge is 0.477 e. The molecule has 0 amide bonds. The topological polar surface area (TPSA) is 74.6 Å². The van der Waals surface area contributed by atoms with Crippen molar-refractivity contribution in [2.24, 2.45) is 0 Å². The smallest absolute Gasteiger partial charge is 0.343 e. The molecule has 68 valence electrons. The molecule has 0 aliphatic carbocycles. The minimum Gasteiger partial charge on any atom is -0.477 e. The fourth-order valence-electron chi connectivity index (χ4n) is 0.538. The Morgan fingerprint density at radius 2 is 1.50 bits per heavy atom. The van der Waals surface area contributed by atoms with E-state index in [9.17, 15) is 9.59 Å². The maximum atomic E-state index is 10.4. The molecule has 0 saturated heterocycles. The number of allylic oxidation sites excluding steroid dienone is 1. The molecule has 4 nitrogen and oxygen atoms in total. The van der Waals surface area contributed by atoms with Crippen LogP contribution in [0.25, 0.3) is 0 Å². The lowest BCUT2D eigenvalue weighted by molar-refractivity contribution is -0.140. The van der Waals surface area contributed by atoms with Gasteiger partial charge in [-0.1, -0.05) is 31.9 Å². The van der Waals surface area contributed by atoms with Crippen molar-refractivity contribution < 1.29 is 19.8 Å². The summed E-state index contributed by atoms with van der Waals surface area (Å²) < 4.78 is -0.438. The van der Waals surface area contributed by atoms with Gasteiger partial charge in [-0.25, -0.2) is 9.59 Å². The fraction of sp³-hybridized carbons (Fsp3) is 0.333. The van der Waals surface area contributed by atoms with Crippen molar-refractivity contribution in [2.45, 2.75) is 10.7 Å². The molecule has 0 unspecified atom stereocenters. The first kappa shape index (κ1) is 11.6. The fourth-order valence-corrected chi connectivity index (χ4v) is 0.996. The van der Waals surface area contributed by atoms with Crippen LogP contribution in [0.3, 0.4) is 0 Å². The lowest BCUT2D eigenvalue weighted by Gasteiger charge is -2.04. The van der Waals surface area contributed by atoms with Gasteiger partial charge in [-0.05, 0) is 12.5 Å². The molecule has 0 atom stereocenters. The second kappa shape index (κ2) is 4.61. The molecular weight excluding hydrogens is 296 g/mol. The van der Waals surface area contributed by atoms with Crippen LogP contribution >= 0.6 is 31.9 Å². The van der Waals surface area contributed by atoms with Gasteiger partial charge in [0.2, 0.25) is 0 Å². The summed E-state index contributed by atoms with van der Waals surface area (Å²) in [6, 6.07) is 0. The average molecular weight is 302 g/mol. The van der Waals surface area contributed by atoms with Gasteiger partial charge in [0.15, 0.2) is 0 Å². The molecule has 0 aliphatic heterocycles. The van der Waals surface area contributed by atoms with Gasteiger partial charge in [0.1, 0.15) is 5.57 Å². The highest BCUT2D eigenvalue weighted by Gasteiger charge is 2.21. The van der Waals surface area contributed by atoms with Crippen LogP contribution in [0.4, 0.5) is 0 Å². The zero-order chi connectivity index (χ0) is 9.89. The average Bonchev–Trinajstić information content (AvgIpc) is 1.85. The van der Waals surface area contributed by atoms with Crippen molar-refractivity contribution in [3.8, 4) is 0 Å². The van der Waals surface area contributed by atoms with Crippen molar-refractivity contribution in [2.75, 3.05) is 0 Å². The van der Waals surface area contributed by atoms with Crippen molar-refractivity contribution in [3.63, 3.8) is 0 Å². The lowest BCUT2D eigenvalue weighted by atomic mass is 10.1. The van der Waals surface area contributed by atoms with Crippen LogP contribution in [-0.2, 0) is 9.59 Å². The Labute approximate surface area is 85.5 Å². The molecule has 0 fully saturated rings. The summed E-state index contributed by atoms with van der Waals surface area (Å²) in [5.41, 5.74) is -0.399. The van der Waals surface area contributed by atoms with Crippen LogP contribution in [0, 0.1) is 0 Å². The molecule has 0 heterocycles. The van der Waals surface area contributed by atoms with Crippen LogP contribution < -0.4 is 0 Å². The van der Waals surface area contributed by atoms with E-state index in [0.29, 0.717) is 0 Å². The molecule has 0 saturated carbocycles. The van der Waals surface area contributed by atoms with Gasteiger partial charge in [-0.2, -0.15) is 0 Å². The molecule has 0 spiro atoms. The molecule has 0 bridgehead atoms. The van der Waals surface area contributed by atoms with E-state index in [1.54, 1.807) is 0 Å². The first-order chi connectivity index (χ1) is 5.37. The van der Waals surface area contributed by atoms with Gasteiger partial charge >= 0.3 is 11.9 Å². The number of carboxylic acids is 2. The van der Waals surface area contributed by atoms with Gasteiger partial charge in [-0.15, -0.1) is 0 Å². The highest BCUT2D eigenvalue weighted by Crippen LogP contribution is 2.21. The minimum absolute atomic E-state index is 0.218. The number of hydrogen-bond donors (Lipinski definition) is 2. The van der Waals surface area contributed by atoms with Gasteiger partial charge in [0, 0.05) is 0 Å². The van der Waals surface area contributed by atoms with Crippen molar-refractivity contribution in [3.05, 3.63) is 11.1 Å². The third-order valence-electron chi connectivity index (χ3n) is 1.15. The number of hydrogen-bond acceptors (Lipinski definition) is 2. The minimum atomic E-state index is -1.44. The second-order valence-electron chi connectivity index (χ2n) is 1.97. The second-order valence-corrected chi connectivity index (χ2v) is 5.03. The molecule has 0 aromatic heterocycles. The Hall–Kier alpha value is -0.360. The van der Waals surface area contributed by atoms with Crippen LogP contribution in [0.15, 0.2) is 11.1 Å². The zero-order valence-electron chi connectivity index (χ0n) is 6.04. The molecule has 6 heteroatoms. The Bertz CT molecular complexity index is 228. The number of rotatable bonds is 3. The van der Waals surface area contributed by atoms with Gasteiger partial charge in [0.25, 0.3) is 0 Å². The summed E-state index contributed by atoms with van der Waals surface area (Å²) in [5, 5.41) is 17.0. The van der Waals surface area contributed by atoms with E-state index in [2.05, 4.69) is 31.9 Å². The number of carbonyl (C=O) groups is 2. The Morgan fingerprint density at radius 3 is 1.58 bits per heavy atom. The number of halogens is 2. The van der Waals surface area contributed by atoms with Crippen LogP contribution in [-0.4, -0.2) is 25.9 Å². The van der Waals surface area contributed by atoms with E-state index in [0.717, 1.165) is 0 Å². The Morgan fingerprint density at radius 1 is 1.17 bits per heavy atom. The van der Waals surface area contributed by atoms with E-state index in [1.165, 1.54) is 6.92 Å². The van der Waals surface area contributed by atoms with Gasteiger partial charge in [0.05, 0.1) is 3.74 Å². The van der Waals surface area contributed by atoms with Crippen LogP contribution in [0.1, 0.15) is 6.92 Å². The first-order valence-corrected chi connectivity index (χ1v) is 4.66. The molecule has 2 N–H and O–H groups in total.